The fraction of sp³-hybridized carbons (Fsp3) is 0.227. The van der Waals surface area contributed by atoms with E-state index in [1.807, 2.05) is 44.2 Å². The zero-order valence-electron chi connectivity index (χ0n) is 15.7. The third-order valence-electron chi connectivity index (χ3n) is 3.96. The lowest BCUT2D eigenvalue weighted by atomic mass is 10.1. The largest absolute Gasteiger partial charge is 0.367 e. The molecule has 5 heteroatoms. The maximum absolute atomic E-state index is 9.72. The highest BCUT2D eigenvalue weighted by Gasteiger charge is 2.17. The number of thioether (sulfide) groups is 1. The lowest BCUT2D eigenvalue weighted by Gasteiger charge is -2.14. The third-order valence-corrected chi connectivity index (χ3v) is 4.88. The van der Waals surface area contributed by atoms with Gasteiger partial charge in [-0.3, -0.25) is 0 Å². The molecule has 1 heterocycles. The summed E-state index contributed by atoms with van der Waals surface area (Å²) >= 11 is 1.58. The van der Waals surface area contributed by atoms with E-state index < -0.39 is 0 Å². The fourth-order valence-electron chi connectivity index (χ4n) is 2.63. The Balaban J connectivity index is 1.98. The van der Waals surface area contributed by atoms with E-state index in [0.29, 0.717) is 22.2 Å². The van der Waals surface area contributed by atoms with Crippen molar-refractivity contribution in [1.82, 2.24) is 9.97 Å². The SMILES string of the molecule is Cc1ccc(CSc2nc(NC(C)C)c(C#N)c(-c3ccccc3)n2)cc1. The van der Waals surface area contributed by atoms with E-state index in [9.17, 15) is 5.26 Å². The molecule has 1 aromatic heterocycles. The quantitative estimate of drug-likeness (QED) is 0.460. The number of nitrogens with one attached hydrogen (secondary N) is 1. The second-order valence-corrected chi connectivity index (χ2v) is 7.57. The van der Waals surface area contributed by atoms with Crippen LogP contribution >= 0.6 is 11.8 Å². The van der Waals surface area contributed by atoms with Gasteiger partial charge in [-0.25, -0.2) is 9.97 Å². The Morgan fingerprint density at radius 2 is 1.74 bits per heavy atom. The second-order valence-electron chi connectivity index (χ2n) is 6.63. The van der Waals surface area contributed by atoms with Crippen LogP contribution in [0.3, 0.4) is 0 Å². The zero-order chi connectivity index (χ0) is 19.2. The maximum atomic E-state index is 9.72. The molecule has 0 saturated carbocycles. The van der Waals surface area contributed by atoms with Crippen LogP contribution in [0.2, 0.25) is 0 Å². The van der Waals surface area contributed by atoms with Crippen LogP contribution in [-0.4, -0.2) is 16.0 Å². The zero-order valence-corrected chi connectivity index (χ0v) is 16.5. The molecule has 1 N–H and O–H groups in total. The molecule has 27 heavy (non-hydrogen) atoms. The predicted molar refractivity (Wildman–Crippen MR) is 112 cm³/mol. The molecular formula is C22H22N4S. The Labute approximate surface area is 164 Å². The number of nitrogens with zero attached hydrogens (tertiary/aromatic N) is 3. The number of nitriles is 1. The predicted octanol–water partition coefficient (Wildman–Crippen LogP) is 5.44. The summed E-state index contributed by atoms with van der Waals surface area (Å²) in [6.45, 7) is 6.14. The minimum atomic E-state index is 0.172. The summed E-state index contributed by atoms with van der Waals surface area (Å²) in [5, 5.41) is 13.7. The van der Waals surface area contributed by atoms with E-state index in [0.717, 1.165) is 11.3 Å². The van der Waals surface area contributed by atoms with Gasteiger partial charge in [0.05, 0.1) is 5.69 Å². The average molecular weight is 375 g/mol. The normalized spacial score (nSPS) is 10.6. The van der Waals surface area contributed by atoms with Crippen molar-refractivity contribution in [3.8, 4) is 17.3 Å². The van der Waals surface area contributed by atoms with Gasteiger partial charge in [-0.1, -0.05) is 71.9 Å². The van der Waals surface area contributed by atoms with E-state index in [1.165, 1.54) is 11.1 Å². The van der Waals surface area contributed by atoms with Crippen LogP contribution in [0.4, 0.5) is 5.82 Å². The number of aryl methyl sites for hydroxylation is 1. The molecular weight excluding hydrogens is 352 g/mol. The summed E-state index contributed by atoms with van der Waals surface area (Å²) in [6, 6.07) is 20.7. The molecule has 0 fully saturated rings. The van der Waals surface area contributed by atoms with E-state index in [1.54, 1.807) is 11.8 Å². The molecule has 0 saturated heterocycles. The van der Waals surface area contributed by atoms with E-state index >= 15 is 0 Å². The van der Waals surface area contributed by atoms with E-state index in [2.05, 4.69) is 47.6 Å². The van der Waals surface area contributed by atoms with Crippen LogP contribution in [0, 0.1) is 18.3 Å². The van der Waals surface area contributed by atoms with Crippen molar-refractivity contribution in [2.45, 2.75) is 37.7 Å². The first kappa shape index (κ1) is 18.9. The van der Waals surface area contributed by atoms with Crippen molar-refractivity contribution < 1.29 is 0 Å². The number of benzene rings is 2. The van der Waals surface area contributed by atoms with E-state index in [-0.39, 0.29) is 6.04 Å². The number of rotatable bonds is 6. The molecule has 0 amide bonds. The van der Waals surface area contributed by atoms with Crippen molar-refractivity contribution >= 4 is 17.6 Å². The van der Waals surface area contributed by atoms with E-state index in [4.69, 9.17) is 4.98 Å². The fourth-order valence-corrected chi connectivity index (χ4v) is 3.43. The van der Waals surface area contributed by atoms with Gasteiger partial charge in [0.25, 0.3) is 0 Å². The molecule has 4 nitrogen and oxygen atoms in total. The molecule has 136 valence electrons. The molecule has 0 unspecified atom stereocenters. The van der Waals surface area contributed by atoms with Crippen molar-refractivity contribution in [2.75, 3.05) is 5.32 Å². The van der Waals surface area contributed by atoms with Gasteiger partial charge < -0.3 is 5.32 Å². The summed E-state index contributed by atoms with van der Waals surface area (Å²) in [5.41, 5.74) is 4.53. The molecule has 0 aliphatic carbocycles. The first-order valence-electron chi connectivity index (χ1n) is 8.89. The number of hydrogen-bond acceptors (Lipinski definition) is 5. The van der Waals surface area contributed by atoms with Crippen LogP contribution in [0.5, 0.6) is 0 Å². The van der Waals surface area contributed by atoms with Gasteiger partial charge >= 0.3 is 0 Å². The monoisotopic (exact) mass is 374 g/mol. The standard InChI is InChI=1S/C22H22N4S/c1-15(2)24-21-19(13-23)20(18-7-5-4-6-8-18)25-22(26-21)27-14-17-11-9-16(3)10-12-17/h4-12,15H,14H2,1-3H3,(H,24,25,26). The van der Waals surface area contributed by atoms with Gasteiger partial charge in [0.1, 0.15) is 17.5 Å². The summed E-state index contributed by atoms with van der Waals surface area (Å²) in [6.07, 6.45) is 0. The summed E-state index contributed by atoms with van der Waals surface area (Å²) in [5.74, 6) is 1.37. The molecule has 0 aliphatic rings. The first-order chi connectivity index (χ1) is 13.1. The molecule has 3 rings (SSSR count). The van der Waals surface area contributed by atoms with Gasteiger partial charge in [0.2, 0.25) is 0 Å². The van der Waals surface area contributed by atoms with Crippen molar-refractivity contribution in [3.63, 3.8) is 0 Å². The maximum Gasteiger partial charge on any atom is 0.190 e. The Morgan fingerprint density at radius 3 is 2.37 bits per heavy atom. The van der Waals surface area contributed by atoms with Gasteiger partial charge in [-0.2, -0.15) is 5.26 Å². The Bertz CT molecular complexity index is 945. The van der Waals surface area contributed by atoms with Crippen molar-refractivity contribution in [2.24, 2.45) is 0 Å². The van der Waals surface area contributed by atoms with Crippen LogP contribution in [0.25, 0.3) is 11.3 Å². The Kier molecular flexibility index (Phi) is 6.10. The first-order valence-corrected chi connectivity index (χ1v) is 9.88. The van der Waals surface area contributed by atoms with Gasteiger partial charge in [-0.15, -0.1) is 0 Å². The topological polar surface area (TPSA) is 61.6 Å². The van der Waals surface area contributed by atoms with Crippen LogP contribution in [0.15, 0.2) is 59.8 Å². The lowest BCUT2D eigenvalue weighted by Crippen LogP contribution is -2.14. The van der Waals surface area contributed by atoms with Crippen molar-refractivity contribution in [3.05, 3.63) is 71.3 Å². The van der Waals surface area contributed by atoms with Gasteiger partial charge in [0, 0.05) is 17.4 Å². The van der Waals surface area contributed by atoms with Gasteiger partial charge in [-0.05, 0) is 26.3 Å². The summed E-state index contributed by atoms with van der Waals surface area (Å²) in [7, 11) is 0. The Hall–Kier alpha value is -2.84. The van der Waals surface area contributed by atoms with Crippen LogP contribution < -0.4 is 5.32 Å². The van der Waals surface area contributed by atoms with Crippen LogP contribution in [-0.2, 0) is 5.75 Å². The highest BCUT2D eigenvalue weighted by molar-refractivity contribution is 7.98. The summed E-state index contributed by atoms with van der Waals surface area (Å²) in [4.78, 5) is 9.32. The summed E-state index contributed by atoms with van der Waals surface area (Å²) < 4.78 is 0. The van der Waals surface area contributed by atoms with Crippen LogP contribution in [0.1, 0.15) is 30.5 Å². The lowest BCUT2D eigenvalue weighted by molar-refractivity contribution is 0.866. The molecule has 0 bridgehead atoms. The minimum Gasteiger partial charge on any atom is -0.367 e. The highest BCUT2D eigenvalue weighted by atomic mass is 32.2. The number of anilines is 1. The Morgan fingerprint density at radius 1 is 1.04 bits per heavy atom. The molecule has 2 aromatic carbocycles. The van der Waals surface area contributed by atoms with Gasteiger partial charge in [0.15, 0.2) is 5.16 Å². The molecule has 0 radical (unpaired) electrons. The number of aromatic nitrogens is 2. The third kappa shape index (κ3) is 4.87. The second kappa shape index (κ2) is 8.70. The number of hydrogen-bond donors (Lipinski definition) is 1. The molecule has 0 aliphatic heterocycles. The molecule has 0 atom stereocenters. The molecule has 3 aromatic rings. The smallest absolute Gasteiger partial charge is 0.190 e. The molecule has 0 spiro atoms. The van der Waals surface area contributed by atoms with Crippen molar-refractivity contribution in [1.29, 1.82) is 5.26 Å². The average Bonchev–Trinajstić information content (AvgIpc) is 2.67. The minimum absolute atomic E-state index is 0.172. The highest BCUT2D eigenvalue weighted by Crippen LogP contribution is 2.30.